The maximum Gasteiger partial charge on any atom is 0.225 e. The van der Waals surface area contributed by atoms with Crippen LogP contribution in [0.1, 0.15) is 76.6 Å². The molecule has 1 aliphatic carbocycles. The van der Waals surface area contributed by atoms with Crippen LogP contribution in [0, 0.1) is 11.3 Å². The third kappa shape index (κ3) is 6.13. The standard InChI is InChI=1S/C30H40N6O3/c1-4-21(37)11-6-5-7-13-25(31-28(38)23-19-30(23)14-16-36(2)17-15-30)27-33-26(34-35-27)22-18-20-10-8-9-12-24(20)32-29(22)39-3/h8-10,12,18,23,25H,4-7,11,13-17,19H2,1-3H3,(H,31,38)(H,33,34,35)/t23-,25+/m1/s1. The lowest BCUT2D eigenvalue weighted by molar-refractivity contribution is -0.124. The molecule has 0 radical (unpaired) electrons. The highest BCUT2D eigenvalue weighted by molar-refractivity contribution is 5.85. The number of H-pyrrole nitrogens is 1. The fourth-order valence-corrected chi connectivity index (χ4v) is 5.87. The number of likely N-dealkylation sites (tertiary alicyclic amines) is 1. The van der Waals surface area contributed by atoms with E-state index in [1.54, 1.807) is 7.11 Å². The summed E-state index contributed by atoms with van der Waals surface area (Å²) in [6, 6.07) is 9.57. The summed E-state index contributed by atoms with van der Waals surface area (Å²) in [7, 11) is 3.74. The van der Waals surface area contributed by atoms with Gasteiger partial charge in [0.05, 0.1) is 24.2 Å². The van der Waals surface area contributed by atoms with Crippen molar-refractivity contribution >= 4 is 22.6 Å². The molecule has 0 unspecified atom stereocenters. The maximum absolute atomic E-state index is 13.4. The number of carbonyl (C=O) groups is 2. The van der Waals surface area contributed by atoms with Crippen LogP contribution in [0.25, 0.3) is 22.3 Å². The van der Waals surface area contributed by atoms with Crippen molar-refractivity contribution in [2.45, 2.75) is 70.8 Å². The summed E-state index contributed by atoms with van der Waals surface area (Å²) in [5.74, 6) is 2.08. The van der Waals surface area contributed by atoms with E-state index in [2.05, 4.69) is 32.4 Å². The molecule has 1 saturated heterocycles. The Morgan fingerprint density at radius 2 is 1.97 bits per heavy atom. The number of hydrogen-bond acceptors (Lipinski definition) is 7. The van der Waals surface area contributed by atoms with Crippen LogP contribution in [-0.2, 0) is 9.59 Å². The number of nitrogens with zero attached hydrogens (tertiary/aromatic N) is 4. The number of amides is 1. The minimum absolute atomic E-state index is 0.0723. The molecule has 9 heteroatoms. The molecule has 2 fully saturated rings. The first-order chi connectivity index (χ1) is 18.9. The van der Waals surface area contributed by atoms with Crippen molar-refractivity contribution in [3.63, 3.8) is 0 Å². The van der Waals surface area contributed by atoms with Crippen molar-refractivity contribution < 1.29 is 14.3 Å². The summed E-state index contributed by atoms with van der Waals surface area (Å²) in [6.45, 7) is 4.01. The lowest BCUT2D eigenvalue weighted by Gasteiger charge is -2.30. The number of carbonyl (C=O) groups excluding carboxylic acids is 2. The second-order valence-corrected chi connectivity index (χ2v) is 11.3. The minimum Gasteiger partial charge on any atom is -0.480 e. The average molecular weight is 533 g/mol. The number of para-hydroxylation sites is 1. The van der Waals surface area contributed by atoms with Crippen molar-refractivity contribution in [3.8, 4) is 17.3 Å². The van der Waals surface area contributed by atoms with Crippen LogP contribution in [0.4, 0.5) is 0 Å². The number of Topliss-reactive ketones (excluding diaryl/α,β-unsaturated/α-hetero) is 1. The first-order valence-electron chi connectivity index (χ1n) is 14.3. The van der Waals surface area contributed by atoms with Gasteiger partial charge in [-0.3, -0.25) is 14.7 Å². The molecule has 2 N–H and O–H groups in total. The van der Waals surface area contributed by atoms with Gasteiger partial charge in [0.1, 0.15) is 11.6 Å². The lowest BCUT2D eigenvalue weighted by atomic mass is 9.91. The number of aromatic amines is 1. The summed E-state index contributed by atoms with van der Waals surface area (Å²) < 4.78 is 5.57. The Morgan fingerprint density at radius 1 is 1.18 bits per heavy atom. The molecular weight excluding hydrogens is 492 g/mol. The topological polar surface area (TPSA) is 113 Å². The van der Waals surface area contributed by atoms with Gasteiger partial charge in [0, 0.05) is 24.1 Å². The lowest BCUT2D eigenvalue weighted by Crippen LogP contribution is -2.36. The average Bonchev–Trinajstić information content (AvgIpc) is 3.44. The number of hydrogen-bond donors (Lipinski definition) is 2. The molecule has 208 valence electrons. The van der Waals surface area contributed by atoms with Gasteiger partial charge in [-0.2, -0.15) is 5.10 Å². The van der Waals surface area contributed by atoms with E-state index in [9.17, 15) is 9.59 Å². The Labute approximate surface area is 230 Å². The first kappa shape index (κ1) is 27.2. The maximum atomic E-state index is 13.4. The van der Waals surface area contributed by atoms with E-state index in [1.165, 1.54) is 0 Å². The molecule has 1 aromatic carbocycles. The van der Waals surface area contributed by atoms with E-state index in [4.69, 9.17) is 9.72 Å². The van der Waals surface area contributed by atoms with Crippen LogP contribution in [-0.4, -0.2) is 64.0 Å². The van der Waals surface area contributed by atoms with E-state index in [1.807, 2.05) is 37.3 Å². The summed E-state index contributed by atoms with van der Waals surface area (Å²) in [6.07, 6.45) is 7.77. The highest BCUT2D eigenvalue weighted by Gasteiger charge is 2.58. The Hall–Kier alpha value is -3.33. The Bertz CT molecular complexity index is 1310. The summed E-state index contributed by atoms with van der Waals surface area (Å²) in [5.41, 5.74) is 1.71. The summed E-state index contributed by atoms with van der Waals surface area (Å²) >= 11 is 0. The summed E-state index contributed by atoms with van der Waals surface area (Å²) in [4.78, 5) is 36.9. The van der Waals surface area contributed by atoms with E-state index in [0.717, 1.165) is 68.9 Å². The van der Waals surface area contributed by atoms with Crippen LogP contribution < -0.4 is 10.1 Å². The van der Waals surface area contributed by atoms with Gasteiger partial charge in [0.25, 0.3) is 0 Å². The zero-order valence-electron chi connectivity index (χ0n) is 23.3. The van der Waals surface area contributed by atoms with Gasteiger partial charge >= 0.3 is 0 Å². The molecule has 0 bridgehead atoms. The number of methoxy groups -OCH3 is 1. The molecule has 1 saturated carbocycles. The van der Waals surface area contributed by atoms with Gasteiger partial charge < -0.3 is 15.0 Å². The molecule has 2 aliphatic rings. The van der Waals surface area contributed by atoms with Gasteiger partial charge in [-0.15, -0.1) is 0 Å². The Balaban J connectivity index is 1.32. The third-order valence-electron chi connectivity index (χ3n) is 8.60. The summed E-state index contributed by atoms with van der Waals surface area (Å²) in [5, 5.41) is 11.9. The van der Waals surface area contributed by atoms with Crippen LogP contribution in [0.3, 0.4) is 0 Å². The van der Waals surface area contributed by atoms with Gasteiger partial charge in [-0.1, -0.05) is 38.0 Å². The first-order valence-corrected chi connectivity index (χ1v) is 14.3. The number of unbranched alkanes of at least 4 members (excludes halogenated alkanes) is 2. The highest BCUT2D eigenvalue weighted by Crippen LogP contribution is 2.59. The molecule has 1 aliphatic heterocycles. The number of fused-ring (bicyclic) bond motifs is 1. The number of rotatable bonds is 12. The Kier molecular flexibility index (Phi) is 8.26. The number of benzene rings is 1. The van der Waals surface area contributed by atoms with Crippen molar-refractivity contribution in [1.29, 1.82) is 0 Å². The predicted molar refractivity (Wildman–Crippen MR) is 150 cm³/mol. The zero-order chi connectivity index (χ0) is 27.4. The number of pyridine rings is 1. The molecule has 2 aromatic heterocycles. The van der Waals surface area contributed by atoms with E-state index in [0.29, 0.717) is 41.7 Å². The number of piperidine rings is 1. The van der Waals surface area contributed by atoms with E-state index in [-0.39, 0.29) is 23.3 Å². The quantitative estimate of drug-likeness (QED) is 0.321. The largest absolute Gasteiger partial charge is 0.480 e. The molecule has 2 atom stereocenters. The molecule has 3 aromatic rings. The SMILES string of the molecule is CCC(=O)CCCCC[C@H](NC(=O)[C@H]1CC12CCN(C)CC2)c1nc(-c2cc3ccccc3nc2OC)n[nH]1. The van der Waals surface area contributed by atoms with Gasteiger partial charge in [0.2, 0.25) is 11.8 Å². The zero-order valence-corrected chi connectivity index (χ0v) is 23.3. The van der Waals surface area contributed by atoms with Crippen LogP contribution in [0.15, 0.2) is 30.3 Å². The fourth-order valence-electron chi connectivity index (χ4n) is 5.87. The molecule has 1 amide bonds. The fraction of sp³-hybridized carbons (Fsp3) is 0.567. The van der Waals surface area contributed by atoms with Crippen molar-refractivity contribution in [2.24, 2.45) is 11.3 Å². The van der Waals surface area contributed by atoms with Crippen molar-refractivity contribution in [2.75, 3.05) is 27.2 Å². The van der Waals surface area contributed by atoms with E-state index < -0.39 is 0 Å². The normalized spacial score (nSPS) is 19.2. The van der Waals surface area contributed by atoms with Gasteiger partial charge in [-0.25, -0.2) is 9.97 Å². The molecule has 1 spiro atoms. The van der Waals surface area contributed by atoms with Gasteiger partial charge in [-0.05, 0) is 69.8 Å². The third-order valence-corrected chi connectivity index (χ3v) is 8.60. The number of nitrogens with one attached hydrogen (secondary N) is 2. The highest BCUT2D eigenvalue weighted by atomic mass is 16.5. The second kappa shape index (κ2) is 11.8. The predicted octanol–water partition coefficient (Wildman–Crippen LogP) is 4.85. The second-order valence-electron chi connectivity index (χ2n) is 11.3. The number of ketones is 1. The molecule has 39 heavy (non-hydrogen) atoms. The van der Waals surface area contributed by atoms with Crippen molar-refractivity contribution in [3.05, 3.63) is 36.2 Å². The van der Waals surface area contributed by atoms with Crippen LogP contribution in [0.2, 0.25) is 0 Å². The number of aromatic nitrogens is 4. The van der Waals surface area contributed by atoms with Gasteiger partial charge in [0.15, 0.2) is 5.82 Å². The number of ether oxygens (including phenoxy) is 1. The molecular formula is C30H40N6O3. The smallest absolute Gasteiger partial charge is 0.225 e. The van der Waals surface area contributed by atoms with Crippen LogP contribution >= 0.6 is 0 Å². The van der Waals surface area contributed by atoms with Crippen molar-refractivity contribution in [1.82, 2.24) is 30.4 Å². The van der Waals surface area contributed by atoms with Crippen LogP contribution in [0.5, 0.6) is 5.88 Å². The molecule has 9 nitrogen and oxygen atoms in total. The Morgan fingerprint density at radius 3 is 2.74 bits per heavy atom. The molecule has 3 heterocycles. The van der Waals surface area contributed by atoms with E-state index >= 15 is 0 Å². The minimum atomic E-state index is -0.274. The molecule has 5 rings (SSSR count). The monoisotopic (exact) mass is 532 g/mol.